The Hall–Kier alpha value is -1.39. The van der Waals surface area contributed by atoms with E-state index in [1.54, 1.807) is 17.1 Å². The lowest BCUT2D eigenvalue weighted by molar-refractivity contribution is -0.127. The number of aliphatic hydroxyl groups is 2. The summed E-state index contributed by atoms with van der Waals surface area (Å²) < 4.78 is 0. The van der Waals surface area contributed by atoms with Crippen molar-refractivity contribution in [1.82, 2.24) is 4.90 Å². The summed E-state index contributed by atoms with van der Waals surface area (Å²) in [7, 11) is 0. The van der Waals surface area contributed by atoms with Crippen molar-refractivity contribution in [3.63, 3.8) is 0 Å². The summed E-state index contributed by atoms with van der Waals surface area (Å²) in [5.41, 5.74) is 0.982. The van der Waals surface area contributed by atoms with Crippen molar-refractivity contribution in [3.05, 3.63) is 36.0 Å². The Kier molecular flexibility index (Phi) is 8.78. The summed E-state index contributed by atoms with van der Waals surface area (Å²) in [5, 5.41) is 19.0. The number of hydrogen-bond acceptors (Lipinski definition) is 3. The molecule has 0 aromatic rings. The van der Waals surface area contributed by atoms with Gasteiger partial charge in [0.05, 0.1) is 18.8 Å². The van der Waals surface area contributed by atoms with Gasteiger partial charge >= 0.3 is 0 Å². The van der Waals surface area contributed by atoms with Crippen LogP contribution < -0.4 is 0 Å². The van der Waals surface area contributed by atoms with Crippen molar-refractivity contribution < 1.29 is 15.0 Å². The van der Waals surface area contributed by atoms with E-state index in [2.05, 4.69) is 6.92 Å². The number of nitrogens with zero attached hydrogens (tertiary/aromatic N) is 1. The predicted molar refractivity (Wildman–Crippen MR) is 89.4 cm³/mol. The smallest absolute Gasteiger partial charge is 0.246 e. The third-order valence-electron chi connectivity index (χ3n) is 3.89. The Morgan fingerprint density at radius 2 is 2.09 bits per heavy atom. The molecule has 1 aliphatic heterocycles. The highest BCUT2D eigenvalue weighted by atomic mass is 16.3. The first-order valence-corrected chi connectivity index (χ1v) is 8.21. The molecule has 1 saturated heterocycles. The van der Waals surface area contributed by atoms with Gasteiger partial charge in [-0.05, 0) is 26.2 Å². The first kappa shape index (κ1) is 18.7. The highest BCUT2D eigenvalue weighted by Gasteiger charge is 2.26. The van der Waals surface area contributed by atoms with Gasteiger partial charge in [-0.2, -0.15) is 0 Å². The standard InChI is InChI=1S/C18H29NO3/c1-3-4-10-17(21)13-15(2)8-5-6-11-18(22)19-12-7-9-16(19)14-20/h5-6,8,11,13,16-17,20-21H,3-4,7,9-10,12,14H2,1-2H3. The van der Waals surface area contributed by atoms with Crippen LogP contribution in [0.1, 0.15) is 46.0 Å². The van der Waals surface area contributed by atoms with Crippen LogP contribution in [0.2, 0.25) is 0 Å². The summed E-state index contributed by atoms with van der Waals surface area (Å²) in [6, 6.07) is -0.0310. The number of likely N-dealkylation sites (tertiary alicyclic amines) is 1. The fourth-order valence-electron chi connectivity index (χ4n) is 2.61. The molecule has 0 saturated carbocycles. The summed E-state index contributed by atoms with van der Waals surface area (Å²) in [6.45, 7) is 4.80. The maximum Gasteiger partial charge on any atom is 0.246 e. The van der Waals surface area contributed by atoms with Crippen LogP contribution in [-0.2, 0) is 4.79 Å². The number of allylic oxidation sites excluding steroid dienone is 4. The molecule has 2 N–H and O–H groups in total. The molecule has 0 spiro atoms. The first-order chi connectivity index (χ1) is 10.6. The second-order valence-corrected chi connectivity index (χ2v) is 5.85. The second kappa shape index (κ2) is 10.4. The molecule has 1 fully saturated rings. The van der Waals surface area contributed by atoms with Gasteiger partial charge in [0.1, 0.15) is 0 Å². The minimum atomic E-state index is -0.398. The molecular weight excluding hydrogens is 278 g/mol. The van der Waals surface area contributed by atoms with Crippen LogP contribution in [0.25, 0.3) is 0 Å². The van der Waals surface area contributed by atoms with Crippen LogP contribution in [0, 0.1) is 0 Å². The predicted octanol–water partition coefficient (Wildman–Crippen LogP) is 2.58. The molecule has 0 bridgehead atoms. The normalized spacial score (nSPS) is 21.2. The zero-order chi connectivity index (χ0) is 16.4. The van der Waals surface area contributed by atoms with Crippen LogP contribution in [0.3, 0.4) is 0 Å². The average molecular weight is 307 g/mol. The average Bonchev–Trinajstić information content (AvgIpc) is 2.97. The van der Waals surface area contributed by atoms with Crippen LogP contribution in [0.4, 0.5) is 0 Å². The van der Waals surface area contributed by atoms with Gasteiger partial charge in [0.25, 0.3) is 0 Å². The summed E-state index contributed by atoms with van der Waals surface area (Å²) >= 11 is 0. The zero-order valence-electron chi connectivity index (χ0n) is 13.7. The van der Waals surface area contributed by atoms with E-state index in [0.717, 1.165) is 44.2 Å². The minimum absolute atomic E-state index is 0.0310. The van der Waals surface area contributed by atoms with Gasteiger partial charge in [0, 0.05) is 12.6 Å². The number of amides is 1. The van der Waals surface area contributed by atoms with Gasteiger partial charge in [-0.1, -0.05) is 49.6 Å². The second-order valence-electron chi connectivity index (χ2n) is 5.85. The highest BCUT2D eigenvalue weighted by Crippen LogP contribution is 2.16. The molecule has 0 aromatic carbocycles. The Morgan fingerprint density at radius 1 is 1.36 bits per heavy atom. The Bertz CT molecular complexity index is 426. The van der Waals surface area contributed by atoms with Crippen molar-refractivity contribution in [2.45, 2.75) is 58.1 Å². The number of carbonyl (C=O) groups excluding carboxylic acids is 1. The van der Waals surface area contributed by atoms with Gasteiger partial charge in [-0.3, -0.25) is 4.79 Å². The molecule has 0 radical (unpaired) electrons. The monoisotopic (exact) mass is 307 g/mol. The van der Waals surface area contributed by atoms with Crippen molar-refractivity contribution in [1.29, 1.82) is 0 Å². The van der Waals surface area contributed by atoms with Gasteiger partial charge in [-0.15, -0.1) is 0 Å². The van der Waals surface area contributed by atoms with E-state index in [0.29, 0.717) is 0 Å². The third kappa shape index (κ3) is 6.58. The van der Waals surface area contributed by atoms with Crippen LogP contribution in [0.5, 0.6) is 0 Å². The van der Waals surface area contributed by atoms with E-state index in [-0.39, 0.29) is 18.6 Å². The molecule has 1 aliphatic rings. The van der Waals surface area contributed by atoms with E-state index in [1.165, 1.54) is 6.08 Å². The number of unbranched alkanes of at least 4 members (excludes halogenated alkanes) is 1. The lowest BCUT2D eigenvalue weighted by Gasteiger charge is -2.21. The molecule has 2 atom stereocenters. The number of rotatable bonds is 8. The van der Waals surface area contributed by atoms with Crippen molar-refractivity contribution in [3.8, 4) is 0 Å². The lowest BCUT2D eigenvalue weighted by Crippen LogP contribution is -2.36. The molecule has 1 amide bonds. The summed E-state index contributed by atoms with van der Waals surface area (Å²) in [4.78, 5) is 13.7. The Morgan fingerprint density at radius 3 is 2.77 bits per heavy atom. The number of carbonyl (C=O) groups is 1. The molecule has 1 heterocycles. The molecule has 2 unspecified atom stereocenters. The molecular formula is C18H29NO3. The summed E-state index contributed by atoms with van der Waals surface area (Å²) in [5.74, 6) is -0.0502. The topological polar surface area (TPSA) is 60.8 Å². The van der Waals surface area contributed by atoms with Crippen molar-refractivity contribution in [2.75, 3.05) is 13.2 Å². The fourth-order valence-corrected chi connectivity index (χ4v) is 2.61. The Balaban J connectivity index is 2.43. The third-order valence-corrected chi connectivity index (χ3v) is 3.89. The van der Waals surface area contributed by atoms with Crippen molar-refractivity contribution >= 4 is 5.91 Å². The maximum absolute atomic E-state index is 12.0. The van der Waals surface area contributed by atoms with E-state index in [9.17, 15) is 15.0 Å². The van der Waals surface area contributed by atoms with E-state index >= 15 is 0 Å². The molecule has 4 heteroatoms. The van der Waals surface area contributed by atoms with E-state index < -0.39 is 6.10 Å². The Labute approximate surface area is 133 Å². The van der Waals surface area contributed by atoms with E-state index in [1.807, 2.05) is 19.1 Å². The quantitative estimate of drug-likeness (QED) is 0.535. The van der Waals surface area contributed by atoms with Gasteiger partial charge in [0.15, 0.2) is 0 Å². The fraction of sp³-hybridized carbons (Fsp3) is 0.611. The largest absolute Gasteiger partial charge is 0.394 e. The lowest BCUT2D eigenvalue weighted by atomic mass is 10.1. The van der Waals surface area contributed by atoms with Crippen LogP contribution >= 0.6 is 0 Å². The maximum atomic E-state index is 12.0. The zero-order valence-corrected chi connectivity index (χ0v) is 13.7. The number of hydrogen-bond donors (Lipinski definition) is 2. The molecule has 124 valence electrons. The molecule has 0 aliphatic carbocycles. The van der Waals surface area contributed by atoms with Crippen LogP contribution in [0.15, 0.2) is 36.0 Å². The molecule has 22 heavy (non-hydrogen) atoms. The van der Waals surface area contributed by atoms with Crippen LogP contribution in [-0.4, -0.2) is 46.3 Å². The highest BCUT2D eigenvalue weighted by molar-refractivity contribution is 5.88. The molecule has 1 rings (SSSR count). The number of aliphatic hydroxyl groups excluding tert-OH is 2. The van der Waals surface area contributed by atoms with E-state index in [4.69, 9.17) is 0 Å². The summed E-state index contributed by atoms with van der Waals surface area (Å²) in [6.07, 6.45) is 13.1. The first-order valence-electron chi connectivity index (χ1n) is 8.21. The van der Waals surface area contributed by atoms with Gasteiger partial charge < -0.3 is 15.1 Å². The minimum Gasteiger partial charge on any atom is -0.394 e. The molecule has 4 nitrogen and oxygen atoms in total. The van der Waals surface area contributed by atoms with Gasteiger partial charge in [-0.25, -0.2) is 0 Å². The SMILES string of the molecule is CCCCC(O)C=C(C)C=CC=CC(=O)N1CCCC1CO. The van der Waals surface area contributed by atoms with Gasteiger partial charge in [0.2, 0.25) is 5.91 Å². The van der Waals surface area contributed by atoms with Crippen molar-refractivity contribution in [2.24, 2.45) is 0 Å². The molecule has 0 aromatic heterocycles.